The van der Waals surface area contributed by atoms with Crippen LogP contribution in [-0.4, -0.2) is 6.61 Å². The zero-order valence-electron chi connectivity index (χ0n) is 6.28. The molecule has 1 aliphatic heterocycles. The number of halogens is 1. The first-order chi connectivity index (χ1) is 4.22. The third kappa shape index (κ3) is 1.75. The van der Waals surface area contributed by atoms with Crippen molar-refractivity contribution >= 4 is 0 Å². The molecule has 0 aliphatic carbocycles. The van der Waals surface area contributed by atoms with E-state index in [1.807, 2.05) is 13.8 Å². The first-order valence-corrected chi connectivity index (χ1v) is 3.02. The maximum Gasteiger partial charge on any atom is 0.136 e. The first kappa shape index (κ1) is 9.53. The van der Waals surface area contributed by atoms with Crippen molar-refractivity contribution in [3.8, 4) is 0 Å². The molecule has 0 aromatic carbocycles. The monoisotopic (exact) mass is 161 g/mol. The second-order valence-electron chi connectivity index (χ2n) is 2.37. The number of hydrogen-bond donors (Lipinski definition) is 1. The number of hydrogen-bond acceptors (Lipinski definition) is 1. The minimum Gasteiger partial charge on any atom is -1.00 e. The molecule has 0 radical (unpaired) electrons. The van der Waals surface area contributed by atoms with Gasteiger partial charge in [-0.1, -0.05) is 0 Å². The van der Waals surface area contributed by atoms with E-state index in [1.165, 1.54) is 5.57 Å². The van der Waals surface area contributed by atoms with Gasteiger partial charge in [-0.25, -0.2) is 0 Å². The van der Waals surface area contributed by atoms with Crippen molar-refractivity contribution in [1.82, 2.24) is 0 Å². The summed E-state index contributed by atoms with van der Waals surface area (Å²) in [5.74, 6) is 0. The maximum absolute atomic E-state index is 5.10. The van der Waals surface area contributed by atoms with Crippen molar-refractivity contribution < 1.29 is 22.9 Å². The second kappa shape index (κ2) is 3.64. The zero-order chi connectivity index (χ0) is 6.85. The fourth-order valence-electron chi connectivity index (χ4n) is 0.786. The molecule has 58 valence electrons. The van der Waals surface area contributed by atoms with Crippen LogP contribution in [0.3, 0.4) is 0 Å². The van der Waals surface area contributed by atoms with Gasteiger partial charge in [-0.15, -0.1) is 0 Å². The summed E-state index contributed by atoms with van der Waals surface area (Å²) in [6.07, 6.45) is 1.76. The van der Waals surface area contributed by atoms with Crippen LogP contribution in [0.2, 0.25) is 0 Å². The lowest BCUT2D eigenvalue weighted by molar-refractivity contribution is -0.300. The largest absolute Gasteiger partial charge is 1.00 e. The van der Waals surface area contributed by atoms with Crippen molar-refractivity contribution in [2.24, 2.45) is 0 Å². The van der Waals surface area contributed by atoms with Gasteiger partial charge in [0.15, 0.2) is 0 Å². The van der Waals surface area contributed by atoms with Crippen molar-refractivity contribution in [3.05, 3.63) is 23.1 Å². The molecule has 0 aromatic heterocycles. The molecular formula is C7H12ClNO. The van der Waals surface area contributed by atoms with Crippen molar-refractivity contribution in [3.63, 3.8) is 0 Å². The Bertz CT molecular complexity index is 184. The van der Waals surface area contributed by atoms with E-state index in [4.69, 9.17) is 4.74 Å². The molecule has 0 bridgehead atoms. The topological polar surface area (TPSA) is 36.9 Å². The van der Waals surface area contributed by atoms with Gasteiger partial charge in [-0.3, -0.25) is 0 Å². The summed E-state index contributed by atoms with van der Waals surface area (Å²) < 4.78 is 5.10. The van der Waals surface area contributed by atoms with Crippen LogP contribution in [0.15, 0.2) is 23.1 Å². The van der Waals surface area contributed by atoms with Crippen LogP contribution in [-0.2, 0) is 4.74 Å². The van der Waals surface area contributed by atoms with E-state index in [0.717, 1.165) is 11.3 Å². The molecule has 1 rings (SSSR count). The van der Waals surface area contributed by atoms with Gasteiger partial charge in [0, 0.05) is 11.1 Å². The Morgan fingerprint density at radius 3 is 2.50 bits per heavy atom. The fraction of sp³-hybridized carbons (Fsp3) is 0.429. The van der Waals surface area contributed by atoms with Crippen LogP contribution >= 0.6 is 0 Å². The fourth-order valence-corrected chi connectivity index (χ4v) is 0.786. The molecule has 0 aromatic rings. The van der Waals surface area contributed by atoms with Gasteiger partial charge in [0.25, 0.3) is 0 Å². The van der Waals surface area contributed by atoms with Crippen LogP contribution in [0.4, 0.5) is 0 Å². The van der Waals surface area contributed by atoms with Crippen molar-refractivity contribution in [2.75, 3.05) is 6.61 Å². The molecule has 0 atom stereocenters. The normalized spacial score (nSPS) is 17.3. The summed E-state index contributed by atoms with van der Waals surface area (Å²) in [6, 6.07) is 0. The van der Waals surface area contributed by atoms with E-state index in [1.54, 1.807) is 6.26 Å². The molecule has 1 aliphatic rings. The van der Waals surface area contributed by atoms with Crippen molar-refractivity contribution in [2.45, 2.75) is 13.8 Å². The molecule has 0 fully saturated rings. The molecule has 0 saturated carbocycles. The summed E-state index contributed by atoms with van der Waals surface area (Å²) >= 11 is 0. The predicted molar refractivity (Wildman–Crippen MR) is 35.3 cm³/mol. The van der Waals surface area contributed by atoms with Crippen molar-refractivity contribution in [1.29, 1.82) is 0 Å². The number of allylic oxidation sites excluding steroid dienone is 1. The van der Waals surface area contributed by atoms with Gasteiger partial charge in [0.05, 0.1) is 6.26 Å². The quantitative estimate of drug-likeness (QED) is 0.417. The lowest BCUT2D eigenvalue weighted by atomic mass is 10.1. The zero-order valence-corrected chi connectivity index (χ0v) is 7.03. The van der Waals surface area contributed by atoms with E-state index in [0.29, 0.717) is 6.61 Å². The second-order valence-corrected chi connectivity index (χ2v) is 2.37. The van der Waals surface area contributed by atoms with E-state index >= 15 is 0 Å². The van der Waals surface area contributed by atoms with E-state index < -0.39 is 0 Å². The SMILES string of the molecule is CC1=COCC(C)=C1[NH3+].[Cl-]. The molecular weight excluding hydrogens is 150 g/mol. The standard InChI is InChI=1S/C7H11NO.ClH/c1-5-3-9-4-6(2)7(5)8;/h3H,4,8H2,1-2H3;1H. The van der Waals surface area contributed by atoms with Crippen LogP contribution in [0, 0.1) is 0 Å². The Labute approximate surface area is 67.2 Å². The number of quaternary nitrogens is 1. The van der Waals surface area contributed by atoms with Gasteiger partial charge in [0.2, 0.25) is 0 Å². The molecule has 0 saturated heterocycles. The van der Waals surface area contributed by atoms with E-state index in [2.05, 4.69) is 5.73 Å². The third-order valence-corrected chi connectivity index (χ3v) is 1.55. The number of rotatable bonds is 0. The average Bonchev–Trinajstić information content (AvgIpc) is 1.83. The highest BCUT2D eigenvalue weighted by atomic mass is 35.5. The van der Waals surface area contributed by atoms with Gasteiger partial charge in [-0.05, 0) is 13.8 Å². The van der Waals surface area contributed by atoms with E-state index in [-0.39, 0.29) is 12.4 Å². The van der Waals surface area contributed by atoms with Gasteiger partial charge in [0.1, 0.15) is 12.3 Å². The van der Waals surface area contributed by atoms with Gasteiger partial charge in [-0.2, -0.15) is 0 Å². The highest BCUT2D eigenvalue weighted by Gasteiger charge is 2.08. The molecule has 0 spiro atoms. The summed E-state index contributed by atoms with van der Waals surface area (Å²) in [5, 5.41) is 0. The molecule has 10 heavy (non-hydrogen) atoms. The van der Waals surface area contributed by atoms with Crippen LogP contribution in [0.5, 0.6) is 0 Å². The number of ether oxygens (including phenoxy) is 1. The average molecular weight is 162 g/mol. The predicted octanol–water partition coefficient (Wildman–Crippen LogP) is -2.56. The molecule has 0 amide bonds. The third-order valence-electron chi connectivity index (χ3n) is 1.55. The smallest absolute Gasteiger partial charge is 0.136 e. The van der Waals surface area contributed by atoms with Crippen LogP contribution in [0.25, 0.3) is 0 Å². The minimum atomic E-state index is 0. The lowest BCUT2D eigenvalue weighted by Gasteiger charge is -2.10. The molecule has 1 heterocycles. The Morgan fingerprint density at radius 1 is 1.50 bits per heavy atom. The molecule has 0 unspecified atom stereocenters. The Morgan fingerprint density at radius 2 is 2.10 bits per heavy atom. The molecule has 3 N–H and O–H groups in total. The van der Waals surface area contributed by atoms with Gasteiger partial charge < -0.3 is 22.9 Å². The first-order valence-electron chi connectivity index (χ1n) is 3.02. The Balaban J connectivity index is 0.000000810. The Kier molecular flexibility index (Phi) is 3.47. The maximum atomic E-state index is 5.10. The Hall–Kier alpha value is -0.470. The van der Waals surface area contributed by atoms with Crippen LogP contribution < -0.4 is 18.1 Å². The minimum absolute atomic E-state index is 0. The summed E-state index contributed by atoms with van der Waals surface area (Å²) in [7, 11) is 0. The molecule has 3 heteroatoms. The van der Waals surface area contributed by atoms with E-state index in [9.17, 15) is 0 Å². The highest BCUT2D eigenvalue weighted by Crippen LogP contribution is 2.12. The lowest BCUT2D eigenvalue weighted by Crippen LogP contribution is -3.00. The van der Waals surface area contributed by atoms with Crippen LogP contribution in [0.1, 0.15) is 13.8 Å². The van der Waals surface area contributed by atoms with Gasteiger partial charge >= 0.3 is 0 Å². The summed E-state index contributed by atoms with van der Waals surface area (Å²) in [5.41, 5.74) is 7.39. The summed E-state index contributed by atoms with van der Waals surface area (Å²) in [4.78, 5) is 0. The highest BCUT2D eigenvalue weighted by molar-refractivity contribution is 5.27. The summed E-state index contributed by atoms with van der Waals surface area (Å²) in [6.45, 7) is 4.75. The molecule has 2 nitrogen and oxygen atoms in total.